The minimum Gasteiger partial charge on any atom is -0.469 e. The molecular weight excluding hydrogens is 484 g/mol. The summed E-state index contributed by atoms with van der Waals surface area (Å²) in [4.78, 5) is 11.1. The number of rotatable bonds is 15. The van der Waals surface area contributed by atoms with Crippen molar-refractivity contribution in [3.05, 3.63) is 0 Å². The van der Waals surface area contributed by atoms with Gasteiger partial charge in [-0.05, 0) is 12.8 Å². The summed E-state index contributed by atoms with van der Waals surface area (Å²) in [6.45, 7) is -0.904. The summed E-state index contributed by atoms with van der Waals surface area (Å²) < 4.78 is 32.3. The van der Waals surface area contributed by atoms with E-state index in [0.29, 0.717) is 12.8 Å². The average molecular weight is 527 g/mol. The highest BCUT2D eigenvalue weighted by molar-refractivity contribution is 5.68. The molecule has 2 rings (SSSR count). The molecule has 212 valence electrons. The lowest BCUT2D eigenvalue weighted by molar-refractivity contribution is -0.368. The number of aliphatic hydroxyl groups is 6. The van der Waals surface area contributed by atoms with Gasteiger partial charge in [0.1, 0.15) is 48.8 Å². The number of aliphatic hydroxyl groups excluding tert-OH is 6. The summed E-state index contributed by atoms with van der Waals surface area (Å²) in [6, 6.07) is 0. The Morgan fingerprint density at radius 3 is 1.92 bits per heavy atom. The number of ether oxygens (including phenoxy) is 6. The molecule has 2 fully saturated rings. The van der Waals surface area contributed by atoms with Crippen LogP contribution in [0.1, 0.15) is 44.9 Å². The number of carbonyl (C=O) groups excluding carboxylic acids is 1. The normalized spacial score (nSPS) is 37.1. The zero-order valence-corrected chi connectivity index (χ0v) is 20.9. The summed E-state index contributed by atoms with van der Waals surface area (Å²) in [5.74, 6) is -0.215. The minimum atomic E-state index is -1.55. The zero-order valence-electron chi connectivity index (χ0n) is 20.9. The van der Waals surface area contributed by atoms with Gasteiger partial charge in [0.2, 0.25) is 0 Å². The van der Waals surface area contributed by atoms with Crippen LogP contribution >= 0.6 is 0 Å². The van der Waals surface area contributed by atoms with E-state index in [4.69, 9.17) is 23.7 Å². The lowest BCUT2D eigenvalue weighted by atomic mass is 9.97. The summed E-state index contributed by atoms with van der Waals surface area (Å²) in [6.07, 6.45) is -7.67. The Morgan fingerprint density at radius 2 is 1.31 bits per heavy atom. The number of carbonyl (C=O) groups is 1. The van der Waals surface area contributed by atoms with Crippen LogP contribution in [0.3, 0.4) is 0 Å². The van der Waals surface area contributed by atoms with E-state index < -0.39 is 74.6 Å². The fourth-order valence-electron chi connectivity index (χ4n) is 4.31. The molecule has 0 aromatic rings. The van der Waals surface area contributed by atoms with Crippen LogP contribution in [0.5, 0.6) is 0 Å². The van der Waals surface area contributed by atoms with E-state index in [1.807, 2.05) is 0 Å². The molecule has 2 heterocycles. The monoisotopic (exact) mass is 526 g/mol. The van der Waals surface area contributed by atoms with Crippen molar-refractivity contribution in [1.82, 2.24) is 0 Å². The standard InChI is InChI=1S/C23H42O13/c1-31-15(26)9-7-5-3-4-6-8-10-33-23-21(18(29)16(27)13(11-24)35-23)36-22-19(30)20(32-2)17(28)14(12-25)34-22/h13-14,16-25,27-30H,3-12H2,1-2H3/t13-,14-,16-,17-,18+,19-,20+,21-,22+,23+/m1/s1. The molecule has 0 aromatic heterocycles. The average Bonchev–Trinajstić information content (AvgIpc) is 2.88. The van der Waals surface area contributed by atoms with Crippen molar-refractivity contribution in [2.24, 2.45) is 0 Å². The van der Waals surface area contributed by atoms with Crippen LogP contribution < -0.4 is 0 Å². The van der Waals surface area contributed by atoms with Crippen molar-refractivity contribution >= 4 is 5.97 Å². The largest absolute Gasteiger partial charge is 0.469 e. The molecule has 0 aromatic carbocycles. The summed E-state index contributed by atoms with van der Waals surface area (Å²) in [7, 11) is 2.64. The number of methoxy groups -OCH3 is 2. The van der Waals surface area contributed by atoms with Gasteiger partial charge < -0.3 is 59.1 Å². The molecule has 0 spiro atoms. The molecule has 36 heavy (non-hydrogen) atoms. The second-order valence-corrected chi connectivity index (χ2v) is 9.03. The van der Waals surface area contributed by atoms with Gasteiger partial charge in [-0.3, -0.25) is 4.79 Å². The SMILES string of the molecule is COC(=O)CCCCCCCCO[C@H]1O[C@H](CO)[C@@H](O)[C@H](O)[C@H]1O[C@@H]1O[C@H](CO)[C@@H](O)[C@H](OC)[C@H]1O. The van der Waals surface area contributed by atoms with Crippen LogP contribution in [0.25, 0.3) is 0 Å². The lowest BCUT2D eigenvalue weighted by Crippen LogP contribution is -2.65. The van der Waals surface area contributed by atoms with Crippen LogP contribution in [0.4, 0.5) is 0 Å². The third-order valence-electron chi connectivity index (χ3n) is 6.49. The Hall–Kier alpha value is -0.970. The second kappa shape index (κ2) is 16.1. The molecule has 10 atom stereocenters. The van der Waals surface area contributed by atoms with Gasteiger partial charge in [0.15, 0.2) is 12.6 Å². The number of hydrogen-bond donors (Lipinski definition) is 6. The minimum absolute atomic E-state index is 0.215. The van der Waals surface area contributed by atoms with Gasteiger partial charge in [-0.1, -0.05) is 25.7 Å². The molecule has 6 N–H and O–H groups in total. The Balaban J connectivity index is 1.90. The van der Waals surface area contributed by atoms with Gasteiger partial charge in [-0.25, -0.2) is 0 Å². The van der Waals surface area contributed by atoms with E-state index in [0.717, 1.165) is 32.1 Å². The topological polar surface area (TPSA) is 194 Å². The molecule has 0 unspecified atom stereocenters. The van der Waals surface area contributed by atoms with Crippen molar-refractivity contribution < 1.29 is 63.9 Å². The van der Waals surface area contributed by atoms with Crippen LogP contribution in [-0.4, -0.2) is 132 Å². The maximum Gasteiger partial charge on any atom is 0.305 e. The highest BCUT2D eigenvalue weighted by Crippen LogP contribution is 2.30. The molecule has 0 amide bonds. The molecule has 13 heteroatoms. The predicted octanol–water partition coefficient (Wildman–Crippen LogP) is -1.82. The highest BCUT2D eigenvalue weighted by atomic mass is 16.8. The third kappa shape index (κ3) is 8.53. The van der Waals surface area contributed by atoms with Gasteiger partial charge in [0.05, 0.1) is 20.3 Å². The quantitative estimate of drug-likeness (QED) is 0.103. The fraction of sp³-hybridized carbons (Fsp3) is 0.957. The Bertz CT molecular complexity index is 623. The molecule has 2 aliphatic rings. The molecule has 0 radical (unpaired) electrons. The van der Waals surface area contributed by atoms with Crippen LogP contribution in [0.2, 0.25) is 0 Å². The van der Waals surface area contributed by atoms with E-state index in [1.165, 1.54) is 14.2 Å². The first-order valence-electron chi connectivity index (χ1n) is 12.4. The van der Waals surface area contributed by atoms with E-state index in [9.17, 15) is 35.4 Å². The van der Waals surface area contributed by atoms with Gasteiger partial charge in [0.25, 0.3) is 0 Å². The molecule has 2 saturated heterocycles. The van der Waals surface area contributed by atoms with Crippen molar-refractivity contribution in [3.8, 4) is 0 Å². The zero-order chi connectivity index (χ0) is 26.7. The van der Waals surface area contributed by atoms with Gasteiger partial charge in [-0.15, -0.1) is 0 Å². The van der Waals surface area contributed by atoms with Gasteiger partial charge in [0, 0.05) is 20.1 Å². The molecule has 2 aliphatic heterocycles. The summed E-state index contributed by atoms with van der Waals surface area (Å²) in [5.41, 5.74) is 0. The molecule has 0 aliphatic carbocycles. The first kappa shape index (κ1) is 31.2. The highest BCUT2D eigenvalue weighted by Gasteiger charge is 2.51. The lowest BCUT2D eigenvalue weighted by Gasteiger charge is -2.46. The third-order valence-corrected chi connectivity index (χ3v) is 6.49. The van der Waals surface area contributed by atoms with E-state index in [-0.39, 0.29) is 12.6 Å². The predicted molar refractivity (Wildman–Crippen MR) is 121 cm³/mol. The van der Waals surface area contributed by atoms with Gasteiger partial charge in [-0.2, -0.15) is 0 Å². The van der Waals surface area contributed by atoms with Crippen molar-refractivity contribution in [3.63, 3.8) is 0 Å². The van der Waals surface area contributed by atoms with E-state index in [2.05, 4.69) is 4.74 Å². The smallest absolute Gasteiger partial charge is 0.305 e. The van der Waals surface area contributed by atoms with Gasteiger partial charge >= 0.3 is 5.97 Å². The van der Waals surface area contributed by atoms with E-state index in [1.54, 1.807) is 0 Å². The summed E-state index contributed by atoms with van der Waals surface area (Å²) >= 11 is 0. The van der Waals surface area contributed by atoms with Crippen molar-refractivity contribution in [1.29, 1.82) is 0 Å². The first-order valence-corrected chi connectivity index (χ1v) is 12.4. The first-order chi connectivity index (χ1) is 17.3. The Kier molecular flexibility index (Phi) is 14.0. The molecule has 0 bridgehead atoms. The molecule has 0 saturated carbocycles. The van der Waals surface area contributed by atoms with Crippen molar-refractivity contribution in [2.45, 2.75) is 106 Å². The molecular formula is C23H42O13. The van der Waals surface area contributed by atoms with Crippen LogP contribution in [-0.2, 0) is 33.2 Å². The van der Waals surface area contributed by atoms with E-state index >= 15 is 0 Å². The Morgan fingerprint density at radius 1 is 0.722 bits per heavy atom. The van der Waals surface area contributed by atoms with Crippen LogP contribution in [0.15, 0.2) is 0 Å². The Labute approximate surface area is 210 Å². The van der Waals surface area contributed by atoms with Crippen LogP contribution in [0, 0.1) is 0 Å². The maximum atomic E-state index is 11.1. The number of esters is 1. The number of unbranched alkanes of at least 4 members (excludes halogenated alkanes) is 5. The summed E-state index contributed by atoms with van der Waals surface area (Å²) in [5, 5.41) is 60.7. The second-order valence-electron chi connectivity index (χ2n) is 9.03. The fourth-order valence-corrected chi connectivity index (χ4v) is 4.31. The maximum absolute atomic E-state index is 11.1. The number of hydrogen-bond acceptors (Lipinski definition) is 13. The molecule has 13 nitrogen and oxygen atoms in total. The van der Waals surface area contributed by atoms with Crippen molar-refractivity contribution in [2.75, 3.05) is 34.0 Å².